The maximum absolute atomic E-state index is 12.1. The van der Waals surface area contributed by atoms with Crippen LogP contribution in [0.3, 0.4) is 0 Å². The van der Waals surface area contributed by atoms with Crippen LogP contribution in [-0.4, -0.2) is 40.2 Å². The summed E-state index contributed by atoms with van der Waals surface area (Å²) in [6, 6.07) is 5.18. The average molecular weight is 325 g/mol. The van der Waals surface area contributed by atoms with Crippen molar-refractivity contribution in [2.75, 3.05) is 30.2 Å². The second-order valence-corrected chi connectivity index (χ2v) is 7.74. The van der Waals surface area contributed by atoms with E-state index in [2.05, 4.69) is 5.32 Å². The van der Waals surface area contributed by atoms with Gasteiger partial charge >= 0.3 is 0 Å². The molecule has 0 aromatic heterocycles. The van der Waals surface area contributed by atoms with Gasteiger partial charge in [-0.15, -0.1) is 0 Å². The fourth-order valence-corrected chi connectivity index (χ4v) is 3.50. The molecule has 0 aliphatic carbocycles. The van der Waals surface area contributed by atoms with Gasteiger partial charge in [-0.25, -0.2) is 8.42 Å². The normalized spacial score (nSPS) is 16.0. The van der Waals surface area contributed by atoms with E-state index in [0.29, 0.717) is 30.9 Å². The lowest BCUT2D eigenvalue weighted by molar-refractivity contribution is 0.0948. The van der Waals surface area contributed by atoms with Crippen LogP contribution in [0, 0.1) is 5.92 Å². The second kappa shape index (κ2) is 6.66. The molecule has 1 aliphatic heterocycles. The Morgan fingerprint density at radius 1 is 1.45 bits per heavy atom. The van der Waals surface area contributed by atoms with Crippen LogP contribution < -0.4 is 15.4 Å². The molecule has 1 unspecified atom stereocenters. The van der Waals surface area contributed by atoms with Gasteiger partial charge in [0.25, 0.3) is 5.91 Å². The van der Waals surface area contributed by atoms with Gasteiger partial charge in [0.05, 0.1) is 11.9 Å². The Labute approximate surface area is 131 Å². The van der Waals surface area contributed by atoms with E-state index in [1.54, 1.807) is 18.2 Å². The molecule has 0 saturated carbocycles. The summed E-state index contributed by atoms with van der Waals surface area (Å²) in [6.45, 7) is 3.51. The molecule has 0 bridgehead atoms. The number of benzene rings is 1. The molecule has 1 atom stereocenters. The largest absolute Gasteiger partial charge is 0.352 e. The van der Waals surface area contributed by atoms with E-state index in [1.165, 1.54) is 10.6 Å². The Kier molecular flexibility index (Phi) is 5.08. The number of aryl methyl sites for hydroxylation is 1. The molecule has 2 rings (SSSR count). The highest BCUT2D eigenvalue weighted by Gasteiger charge is 2.24. The van der Waals surface area contributed by atoms with E-state index in [1.807, 2.05) is 6.92 Å². The third-order valence-corrected chi connectivity index (χ3v) is 5.01. The van der Waals surface area contributed by atoms with Crippen molar-refractivity contribution in [2.45, 2.75) is 19.8 Å². The highest BCUT2D eigenvalue weighted by molar-refractivity contribution is 7.92. The van der Waals surface area contributed by atoms with Crippen molar-refractivity contribution in [1.82, 2.24) is 5.32 Å². The summed E-state index contributed by atoms with van der Waals surface area (Å²) in [7, 11) is -3.28. The number of sulfonamides is 1. The Morgan fingerprint density at radius 2 is 2.18 bits per heavy atom. The van der Waals surface area contributed by atoms with Gasteiger partial charge in [-0.2, -0.15) is 0 Å². The number of fused-ring (bicyclic) bond motifs is 1. The number of nitrogens with zero attached hydrogens (tertiary/aromatic N) is 1. The van der Waals surface area contributed by atoms with Gasteiger partial charge in [0, 0.05) is 18.7 Å². The SMILES string of the molecule is CC(CN)CNC(=O)c1ccc2c(c1)CCCN2S(C)(=O)=O. The topological polar surface area (TPSA) is 92.5 Å². The van der Waals surface area contributed by atoms with Crippen LogP contribution >= 0.6 is 0 Å². The lowest BCUT2D eigenvalue weighted by Crippen LogP contribution is -2.35. The molecule has 22 heavy (non-hydrogen) atoms. The first-order valence-corrected chi connectivity index (χ1v) is 9.26. The molecule has 122 valence electrons. The summed E-state index contributed by atoms with van der Waals surface area (Å²) in [5, 5.41) is 2.85. The van der Waals surface area contributed by atoms with Crippen LogP contribution in [0.15, 0.2) is 18.2 Å². The molecule has 1 aromatic rings. The monoisotopic (exact) mass is 325 g/mol. The molecule has 1 aliphatic rings. The number of rotatable bonds is 5. The quantitative estimate of drug-likeness (QED) is 0.834. The van der Waals surface area contributed by atoms with Crippen molar-refractivity contribution in [3.8, 4) is 0 Å². The minimum absolute atomic E-state index is 0.153. The lowest BCUT2D eigenvalue weighted by atomic mass is 10.0. The van der Waals surface area contributed by atoms with Gasteiger partial charge in [-0.05, 0) is 49.1 Å². The van der Waals surface area contributed by atoms with Crippen molar-refractivity contribution in [2.24, 2.45) is 11.7 Å². The number of hydrogen-bond acceptors (Lipinski definition) is 4. The van der Waals surface area contributed by atoms with E-state index >= 15 is 0 Å². The fourth-order valence-electron chi connectivity index (χ4n) is 2.50. The summed E-state index contributed by atoms with van der Waals surface area (Å²) in [6.07, 6.45) is 2.74. The van der Waals surface area contributed by atoms with Crippen molar-refractivity contribution < 1.29 is 13.2 Å². The Balaban J connectivity index is 2.19. The molecule has 1 aromatic carbocycles. The highest BCUT2D eigenvalue weighted by Crippen LogP contribution is 2.29. The van der Waals surface area contributed by atoms with Crippen LogP contribution in [0.25, 0.3) is 0 Å². The zero-order chi connectivity index (χ0) is 16.3. The smallest absolute Gasteiger partial charge is 0.251 e. The Bertz CT molecular complexity index is 658. The van der Waals surface area contributed by atoms with E-state index < -0.39 is 10.0 Å². The van der Waals surface area contributed by atoms with Crippen molar-refractivity contribution >= 4 is 21.6 Å². The maximum Gasteiger partial charge on any atom is 0.251 e. The molecular formula is C15H23N3O3S. The van der Waals surface area contributed by atoms with Crippen molar-refractivity contribution in [3.05, 3.63) is 29.3 Å². The first-order valence-electron chi connectivity index (χ1n) is 7.42. The van der Waals surface area contributed by atoms with Crippen LogP contribution in [0.4, 0.5) is 5.69 Å². The zero-order valence-corrected chi connectivity index (χ0v) is 13.8. The number of amides is 1. The van der Waals surface area contributed by atoms with Gasteiger partial charge in [-0.1, -0.05) is 6.92 Å². The number of carbonyl (C=O) groups excluding carboxylic acids is 1. The third-order valence-electron chi connectivity index (χ3n) is 3.83. The molecule has 7 heteroatoms. The molecule has 0 fully saturated rings. The van der Waals surface area contributed by atoms with Crippen LogP contribution in [0.1, 0.15) is 29.3 Å². The molecule has 0 radical (unpaired) electrons. The number of carbonyl (C=O) groups is 1. The number of hydrogen-bond donors (Lipinski definition) is 2. The van der Waals surface area contributed by atoms with Crippen LogP contribution in [0.2, 0.25) is 0 Å². The van der Waals surface area contributed by atoms with Gasteiger partial charge in [0.1, 0.15) is 0 Å². The summed E-state index contributed by atoms with van der Waals surface area (Å²) >= 11 is 0. The number of anilines is 1. The Morgan fingerprint density at radius 3 is 2.82 bits per heavy atom. The molecule has 1 heterocycles. The molecule has 3 N–H and O–H groups in total. The summed E-state index contributed by atoms with van der Waals surface area (Å²) < 4.78 is 25.0. The zero-order valence-electron chi connectivity index (χ0n) is 13.0. The summed E-state index contributed by atoms with van der Waals surface area (Å²) in [4.78, 5) is 12.1. The van der Waals surface area contributed by atoms with E-state index in [0.717, 1.165) is 18.4 Å². The van der Waals surface area contributed by atoms with Gasteiger partial charge in [0.15, 0.2) is 0 Å². The lowest BCUT2D eigenvalue weighted by Gasteiger charge is -2.29. The van der Waals surface area contributed by atoms with E-state index in [9.17, 15) is 13.2 Å². The number of nitrogens with one attached hydrogen (secondary N) is 1. The fraction of sp³-hybridized carbons (Fsp3) is 0.533. The number of nitrogens with two attached hydrogens (primary N) is 1. The Hall–Kier alpha value is -1.60. The average Bonchev–Trinajstić information content (AvgIpc) is 2.50. The molecule has 0 saturated heterocycles. The van der Waals surface area contributed by atoms with Crippen LogP contribution in [-0.2, 0) is 16.4 Å². The summed E-state index contributed by atoms with van der Waals surface area (Å²) in [5.41, 5.74) is 7.66. The van der Waals surface area contributed by atoms with Crippen LogP contribution in [0.5, 0.6) is 0 Å². The van der Waals surface area contributed by atoms with E-state index in [4.69, 9.17) is 5.73 Å². The van der Waals surface area contributed by atoms with Crippen molar-refractivity contribution in [3.63, 3.8) is 0 Å². The first-order chi connectivity index (χ1) is 10.3. The first kappa shape index (κ1) is 16.8. The highest BCUT2D eigenvalue weighted by atomic mass is 32.2. The third kappa shape index (κ3) is 3.78. The minimum Gasteiger partial charge on any atom is -0.352 e. The van der Waals surface area contributed by atoms with Gasteiger partial charge in [-0.3, -0.25) is 9.10 Å². The maximum atomic E-state index is 12.1. The molecule has 0 spiro atoms. The summed E-state index contributed by atoms with van der Waals surface area (Å²) in [5.74, 6) is 0.0712. The van der Waals surface area contributed by atoms with Gasteiger partial charge < -0.3 is 11.1 Å². The predicted molar refractivity (Wildman–Crippen MR) is 87.5 cm³/mol. The van der Waals surface area contributed by atoms with Gasteiger partial charge in [0.2, 0.25) is 10.0 Å². The van der Waals surface area contributed by atoms with E-state index in [-0.39, 0.29) is 11.8 Å². The molecular weight excluding hydrogens is 302 g/mol. The second-order valence-electron chi connectivity index (χ2n) is 5.83. The predicted octanol–water partition coefficient (Wildman–Crippen LogP) is 0.723. The molecule has 6 nitrogen and oxygen atoms in total. The van der Waals surface area contributed by atoms with Crippen molar-refractivity contribution in [1.29, 1.82) is 0 Å². The minimum atomic E-state index is -3.28. The standard InChI is InChI=1S/C15H23N3O3S/c1-11(9-16)10-17-15(19)13-5-6-14-12(8-13)4-3-7-18(14)22(2,20)21/h5-6,8,11H,3-4,7,9-10,16H2,1-2H3,(H,17,19). The molecule has 1 amide bonds.